The molecule has 0 amide bonds. The number of aromatic nitrogens is 2. The first kappa shape index (κ1) is 16.2. The number of nitriles is 1. The van der Waals surface area contributed by atoms with Crippen molar-refractivity contribution >= 4 is 11.6 Å². The maximum absolute atomic E-state index is 8.81. The molecule has 1 aromatic heterocycles. The van der Waals surface area contributed by atoms with Gasteiger partial charge in [-0.3, -0.25) is 0 Å². The molecule has 20 heavy (non-hydrogen) atoms. The molecule has 1 aromatic rings. The van der Waals surface area contributed by atoms with E-state index in [2.05, 4.69) is 33.2 Å². The number of ether oxygens (including phenoxy) is 1. The van der Waals surface area contributed by atoms with Gasteiger partial charge in [-0.25, -0.2) is 9.97 Å². The molecule has 0 fully saturated rings. The third kappa shape index (κ3) is 4.35. The molecule has 6 nitrogen and oxygen atoms in total. The van der Waals surface area contributed by atoms with E-state index in [1.165, 1.54) is 0 Å². The summed E-state index contributed by atoms with van der Waals surface area (Å²) in [4.78, 5) is 10.8. The predicted molar refractivity (Wildman–Crippen MR) is 79.9 cm³/mol. The second-order valence-corrected chi connectivity index (χ2v) is 4.41. The van der Waals surface area contributed by atoms with E-state index in [-0.39, 0.29) is 0 Å². The van der Waals surface area contributed by atoms with Gasteiger partial charge in [0.1, 0.15) is 18.0 Å². The average Bonchev–Trinajstić information content (AvgIpc) is 2.48. The van der Waals surface area contributed by atoms with Crippen LogP contribution in [-0.4, -0.2) is 43.8 Å². The van der Waals surface area contributed by atoms with Crippen LogP contribution in [0.15, 0.2) is 6.33 Å². The van der Waals surface area contributed by atoms with Gasteiger partial charge in [0, 0.05) is 32.8 Å². The van der Waals surface area contributed by atoms with Crippen LogP contribution < -0.4 is 10.2 Å². The molecule has 0 spiro atoms. The lowest BCUT2D eigenvalue weighted by Gasteiger charge is -2.25. The van der Waals surface area contributed by atoms with Gasteiger partial charge in [-0.05, 0) is 6.42 Å². The number of methoxy groups -OCH3 is 1. The summed E-state index contributed by atoms with van der Waals surface area (Å²) < 4.78 is 5.15. The second-order valence-electron chi connectivity index (χ2n) is 4.41. The van der Waals surface area contributed by atoms with Crippen LogP contribution >= 0.6 is 0 Å². The monoisotopic (exact) mass is 277 g/mol. The lowest BCUT2D eigenvalue weighted by Crippen LogP contribution is -2.30. The highest BCUT2D eigenvalue weighted by molar-refractivity contribution is 5.58. The number of nitrogens with zero attached hydrogens (tertiary/aromatic N) is 4. The van der Waals surface area contributed by atoms with E-state index in [0.717, 1.165) is 36.6 Å². The Morgan fingerprint density at radius 1 is 1.40 bits per heavy atom. The van der Waals surface area contributed by atoms with Gasteiger partial charge in [-0.15, -0.1) is 0 Å². The number of nitrogens with one attached hydrogen (secondary N) is 1. The van der Waals surface area contributed by atoms with Gasteiger partial charge in [0.15, 0.2) is 0 Å². The zero-order valence-electron chi connectivity index (χ0n) is 12.5. The Bertz CT molecular complexity index is 444. The van der Waals surface area contributed by atoms with Crippen LogP contribution in [0.4, 0.5) is 11.6 Å². The van der Waals surface area contributed by atoms with Crippen LogP contribution in [0, 0.1) is 11.3 Å². The molecule has 1 rings (SSSR count). The summed E-state index contributed by atoms with van der Waals surface area (Å²) in [7, 11) is 3.54. The molecule has 1 N–H and O–H groups in total. The van der Waals surface area contributed by atoms with E-state index in [1.807, 2.05) is 7.05 Å². The minimum atomic E-state index is 0.466. The number of rotatable bonds is 9. The smallest absolute Gasteiger partial charge is 0.137 e. The maximum atomic E-state index is 8.81. The third-order valence-electron chi connectivity index (χ3n) is 3.02. The Hall–Kier alpha value is -1.87. The molecule has 6 heteroatoms. The molecule has 0 aliphatic rings. The lowest BCUT2D eigenvalue weighted by molar-refractivity contribution is 0.205. The van der Waals surface area contributed by atoms with E-state index >= 15 is 0 Å². The zero-order valence-corrected chi connectivity index (χ0v) is 12.5. The first-order valence-corrected chi connectivity index (χ1v) is 6.90. The molecule has 1 heterocycles. The molecule has 0 radical (unpaired) electrons. The normalized spacial score (nSPS) is 10.1. The van der Waals surface area contributed by atoms with E-state index in [4.69, 9.17) is 10.00 Å². The quantitative estimate of drug-likeness (QED) is 0.742. The molecule has 110 valence electrons. The maximum Gasteiger partial charge on any atom is 0.137 e. The number of hydrogen-bond donors (Lipinski definition) is 1. The fourth-order valence-corrected chi connectivity index (χ4v) is 2.08. The lowest BCUT2D eigenvalue weighted by atomic mass is 10.1. The Morgan fingerprint density at radius 2 is 2.20 bits per heavy atom. The van der Waals surface area contributed by atoms with Crippen molar-refractivity contribution in [2.75, 3.05) is 44.1 Å². The summed E-state index contributed by atoms with van der Waals surface area (Å²) in [5.41, 5.74) is 1.10. The average molecular weight is 277 g/mol. The standard InChI is InChI=1S/C14H23N5O/c1-4-6-12-13(16-2)17-11-18-14(12)19(8-5-7-15)9-10-20-3/h11H,4-6,8-10H2,1-3H3,(H,16,17,18). The Morgan fingerprint density at radius 3 is 2.80 bits per heavy atom. The van der Waals surface area contributed by atoms with Crippen molar-refractivity contribution in [3.05, 3.63) is 11.9 Å². The Balaban J connectivity index is 3.06. The van der Waals surface area contributed by atoms with Crippen molar-refractivity contribution in [3.8, 4) is 6.07 Å². The van der Waals surface area contributed by atoms with Crippen LogP contribution in [-0.2, 0) is 11.2 Å². The first-order valence-electron chi connectivity index (χ1n) is 6.90. The fraction of sp³-hybridized carbons (Fsp3) is 0.643. The summed E-state index contributed by atoms with van der Waals surface area (Å²) in [6.07, 6.45) is 3.95. The van der Waals surface area contributed by atoms with Crippen molar-refractivity contribution in [3.63, 3.8) is 0 Å². The molecule has 0 aliphatic heterocycles. The number of hydrogen-bond acceptors (Lipinski definition) is 6. The summed E-state index contributed by atoms with van der Waals surface area (Å²) in [6, 6.07) is 2.18. The minimum Gasteiger partial charge on any atom is -0.383 e. The topological polar surface area (TPSA) is 74.1 Å². The van der Waals surface area contributed by atoms with Crippen LogP contribution in [0.25, 0.3) is 0 Å². The molecular formula is C14H23N5O. The van der Waals surface area contributed by atoms with Gasteiger partial charge >= 0.3 is 0 Å². The largest absolute Gasteiger partial charge is 0.383 e. The van der Waals surface area contributed by atoms with Crippen molar-refractivity contribution < 1.29 is 4.74 Å². The Kier molecular flexibility index (Phi) is 7.36. The molecule has 0 saturated heterocycles. The number of anilines is 2. The van der Waals surface area contributed by atoms with Crippen LogP contribution in [0.3, 0.4) is 0 Å². The van der Waals surface area contributed by atoms with E-state index in [1.54, 1.807) is 13.4 Å². The summed E-state index contributed by atoms with van der Waals surface area (Å²) in [6.45, 7) is 4.10. The SMILES string of the molecule is CCCc1c(NC)ncnc1N(CCC#N)CCOC. The molecular weight excluding hydrogens is 254 g/mol. The first-order chi connectivity index (χ1) is 9.78. The molecule has 0 saturated carbocycles. The summed E-state index contributed by atoms with van der Waals surface area (Å²) in [5.74, 6) is 1.76. The molecule has 0 aliphatic carbocycles. The van der Waals surface area contributed by atoms with E-state index in [0.29, 0.717) is 19.6 Å². The molecule has 0 atom stereocenters. The third-order valence-corrected chi connectivity index (χ3v) is 3.02. The highest BCUT2D eigenvalue weighted by atomic mass is 16.5. The second kappa shape index (κ2) is 9.10. The molecule has 0 aromatic carbocycles. The molecule has 0 unspecified atom stereocenters. The van der Waals surface area contributed by atoms with Crippen molar-refractivity contribution in [1.29, 1.82) is 5.26 Å². The Labute approximate surface area is 120 Å². The van der Waals surface area contributed by atoms with Gasteiger partial charge in [0.25, 0.3) is 0 Å². The van der Waals surface area contributed by atoms with Crippen molar-refractivity contribution in [1.82, 2.24) is 9.97 Å². The van der Waals surface area contributed by atoms with Crippen LogP contribution in [0.2, 0.25) is 0 Å². The fourth-order valence-electron chi connectivity index (χ4n) is 2.08. The highest BCUT2D eigenvalue weighted by Crippen LogP contribution is 2.24. The highest BCUT2D eigenvalue weighted by Gasteiger charge is 2.16. The van der Waals surface area contributed by atoms with Gasteiger partial charge in [-0.1, -0.05) is 13.3 Å². The van der Waals surface area contributed by atoms with E-state index in [9.17, 15) is 0 Å². The van der Waals surface area contributed by atoms with E-state index < -0.39 is 0 Å². The van der Waals surface area contributed by atoms with Gasteiger partial charge in [-0.2, -0.15) is 5.26 Å². The molecule has 0 bridgehead atoms. The van der Waals surface area contributed by atoms with Crippen molar-refractivity contribution in [2.45, 2.75) is 26.2 Å². The minimum absolute atomic E-state index is 0.466. The van der Waals surface area contributed by atoms with Crippen molar-refractivity contribution in [2.24, 2.45) is 0 Å². The summed E-state index contributed by atoms with van der Waals surface area (Å²) in [5, 5.41) is 11.9. The van der Waals surface area contributed by atoms with Gasteiger partial charge < -0.3 is 15.0 Å². The summed E-state index contributed by atoms with van der Waals surface area (Å²) >= 11 is 0. The van der Waals surface area contributed by atoms with Gasteiger partial charge in [0.05, 0.1) is 19.1 Å². The van der Waals surface area contributed by atoms with Crippen LogP contribution in [0.1, 0.15) is 25.3 Å². The predicted octanol–water partition coefficient (Wildman–Crippen LogP) is 1.84. The zero-order chi connectivity index (χ0) is 14.8. The van der Waals surface area contributed by atoms with Crippen LogP contribution in [0.5, 0.6) is 0 Å². The van der Waals surface area contributed by atoms with Gasteiger partial charge in [0.2, 0.25) is 0 Å².